The summed E-state index contributed by atoms with van der Waals surface area (Å²) < 4.78 is 2.00. The highest BCUT2D eigenvalue weighted by Crippen LogP contribution is 2.48. The monoisotopic (exact) mass is 459 g/mol. The van der Waals surface area contributed by atoms with Crippen LogP contribution >= 0.6 is 11.8 Å². The molecule has 3 heterocycles. The zero-order valence-corrected chi connectivity index (χ0v) is 20.4. The van der Waals surface area contributed by atoms with Crippen molar-refractivity contribution in [3.05, 3.63) is 113 Å². The van der Waals surface area contributed by atoms with Crippen molar-refractivity contribution in [1.29, 1.82) is 0 Å². The molecule has 0 atom stereocenters. The Bertz CT molecular complexity index is 1540. The molecule has 3 nitrogen and oxygen atoms in total. The molecule has 6 rings (SSSR count). The topological polar surface area (TPSA) is 30.7 Å². The third kappa shape index (κ3) is 3.55. The molecule has 2 aromatic heterocycles. The fourth-order valence-corrected chi connectivity index (χ4v) is 5.73. The Morgan fingerprint density at radius 2 is 1.50 bits per heavy atom. The largest absolute Gasteiger partial charge is 0.227 e. The highest BCUT2D eigenvalue weighted by Gasteiger charge is 2.28. The molecule has 0 aliphatic carbocycles. The molecule has 0 bridgehead atoms. The number of hydrogen-bond acceptors (Lipinski definition) is 3. The number of pyridine rings is 1. The minimum atomic E-state index is 0.912. The van der Waals surface area contributed by atoms with Crippen LogP contribution in [0.3, 0.4) is 0 Å². The Hall–Kier alpha value is -3.63. The zero-order valence-electron chi connectivity index (χ0n) is 19.5. The van der Waals surface area contributed by atoms with Crippen molar-refractivity contribution in [2.75, 3.05) is 0 Å². The lowest BCUT2D eigenvalue weighted by Crippen LogP contribution is -2.00. The van der Waals surface area contributed by atoms with E-state index in [1.54, 1.807) is 0 Å². The van der Waals surface area contributed by atoms with Gasteiger partial charge in [0.25, 0.3) is 0 Å². The van der Waals surface area contributed by atoms with Gasteiger partial charge in [0.1, 0.15) is 0 Å². The third-order valence-corrected chi connectivity index (χ3v) is 7.47. The summed E-state index contributed by atoms with van der Waals surface area (Å²) in [5, 5.41) is 6.09. The summed E-state index contributed by atoms with van der Waals surface area (Å²) in [7, 11) is 0. The average molecular weight is 460 g/mol. The van der Waals surface area contributed by atoms with Gasteiger partial charge >= 0.3 is 0 Å². The van der Waals surface area contributed by atoms with Gasteiger partial charge in [0.15, 0.2) is 5.65 Å². The maximum Gasteiger partial charge on any atom is 0.164 e. The Balaban J connectivity index is 1.65. The van der Waals surface area contributed by atoms with E-state index < -0.39 is 0 Å². The van der Waals surface area contributed by atoms with Gasteiger partial charge in [0.05, 0.1) is 22.5 Å². The number of aromatic nitrogens is 3. The molecule has 5 aromatic rings. The molecule has 1 aliphatic heterocycles. The van der Waals surface area contributed by atoms with E-state index in [-0.39, 0.29) is 0 Å². The van der Waals surface area contributed by atoms with E-state index in [2.05, 4.69) is 87.5 Å². The van der Waals surface area contributed by atoms with E-state index in [1.807, 2.05) is 34.6 Å². The molecule has 1 aliphatic rings. The number of thioether (sulfide) groups is 1. The number of benzene rings is 3. The summed E-state index contributed by atoms with van der Waals surface area (Å²) in [6, 6.07) is 27.8. The molecule has 0 saturated heterocycles. The van der Waals surface area contributed by atoms with Gasteiger partial charge in [-0.2, -0.15) is 5.10 Å². The minimum Gasteiger partial charge on any atom is -0.227 e. The molecule has 0 saturated carbocycles. The third-order valence-electron chi connectivity index (χ3n) is 6.41. The predicted octanol–water partition coefficient (Wildman–Crippen LogP) is 7.76. The molecule has 34 heavy (non-hydrogen) atoms. The normalized spacial score (nSPS) is 14.1. The molecule has 0 fully saturated rings. The van der Waals surface area contributed by atoms with Crippen LogP contribution in [-0.4, -0.2) is 14.8 Å². The maximum atomic E-state index is 5.26. The van der Waals surface area contributed by atoms with Gasteiger partial charge in [-0.05, 0) is 55.7 Å². The lowest BCUT2D eigenvalue weighted by Gasteiger charge is -2.12. The second-order valence-corrected chi connectivity index (χ2v) is 9.94. The molecule has 0 unspecified atom stereocenters. The quantitative estimate of drug-likeness (QED) is 0.276. The predicted molar refractivity (Wildman–Crippen MR) is 144 cm³/mol. The number of fused-ring (bicyclic) bond motifs is 2. The lowest BCUT2D eigenvalue weighted by molar-refractivity contribution is 0.877. The van der Waals surface area contributed by atoms with Crippen LogP contribution in [0.15, 0.2) is 78.9 Å². The van der Waals surface area contributed by atoms with E-state index in [0.29, 0.717) is 0 Å². The van der Waals surface area contributed by atoms with Gasteiger partial charge in [-0.25, -0.2) is 9.67 Å². The van der Waals surface area contributed by atoms with Gasteiger partial charge in [-0.3, -0.25) is 0 Å². The number of aryl methyl sites for hydroxylation is 3. The zero-order chi connectivity index (χ0) is 23.2. The van der Waals surface area contributed by atoms with Crippen LogP contribution in [0.4, 0.5) is 0 Å². The Morgan fingerprint density at radius 1 is 0.824 bits per heavy atom. The molecule has 0 N–H and O–H groups in total. The second-order valence-electron chi connectivity index (χ2n) is 8.92. The molecule has 4 heteroatoms. The Morgan fingerprint density at radius 3 is 2.21 bits per heavy atom. The molecule has 0 spiro atoms. The van der Waals surface area contributed by atoms with Crippen LogP contribution in [0.25, 0.3) is 38.8 Å². The van der Waals surface area contributed by atoms with Crippen LogP contribution < -0.4 is 0 Å². The van der Waals surface area contributed by atoms with Crippen LogP contribution in [0.5, 0.6) is 0 Å². The Kier molecular flexibility index (Phi) is 5.11. The lowest BCUT2D eigenvalue weighted by atomic mass is 9.95. The second kappa shape index (κ2) is 8.30. The summed E-state index contributed by atoms with van der Waals surface area (Å²) in [6.07, 6.45) is 2.27. The van der Waals surface area contributed by atoms with Crippen LogP contribution in [-0.2, 0) is 5.75 Å². The number of nitrogens with zero attached hydrogens (tertiary/aromatic N) is 3. The van der Waals surface area contributed by atoms with E-state index >= 15 is 0 Å². The van der Waals surface area contributed by atoms with Crippen molar-refractivity contribution in [2.24, 2.45) is 0 Å². The molecule has 166 valence electrons. The molecular weight excluding hydrogens is 434 g/mol. The minimum absolute atomic E-state index is 0.912. The van der Waals surface area contributed by atoms with Crippen molar-refractivity contribution >= 4 is 33.8 Å². The van der Waals surface area contributed by atoms with Crippen molar-refractivity contribution in [3.63, 3.8) is 0 Å². The summed E-state index contributed by atoms with van der Waals surface area (Å²) in [5.74, 6) is 0.912. The number of para-hydroxylation sites is 1. The first-order chi connectivity index (χ1) is 16.6. The van der Waals surface area contributed by atoms with Gasteiger partial charge in [0.2, 0.25) is 0 Å². The number of rotatable bonds is 3. The summed E-state index contributed by atoms with van der Waals surface area (Å²) >= 11 is 1.87. The smallest absolute Gasteiger partial charge is 0.164 e. The highest BCUT2D eigenvalue weighted by atomic mass is 32.2. The first kappa shape index (κ1) is 20.9. The van der Waals surface area contributed by atoms with E-state index in [9.17, 15) is 0 Å². The van der Waals surface area contributed by atoms with Gasteiger partial charge in [0, 0.05) is 16.2 Å². The van der Waals surface area contributed by atoms with Gasteiger partial charge in [-0.1, -0.05) is 77.9 Å². The highest BCUT2D eigenvalue weighted by molar-refractivity contribution is 8.08. The van der Waals surface area contributed by atoms with Crippen LogP contribution in [0.1, 0.15) is 33.6 Å². The van der Waals surface area contributed by atoms with E-state index in [0.717, 1.165) is 33.9 Å². The molecule has 0 radical (unpaired) electrons. The fourth-order valence-electron chi connectivity index (χ4n) is 4.63. The Labute approximate surface area is 204 Å². The van der Waals surface area contributed by atoms with Crippen LogP contribution in [0, 0.1) is 20.8 Å². The van der Waals surface area contributed by atoms with E-state index in [4.69, 9.17) is 10.1 Å². The van der Waals surface area contributed by atoms with Crippen molar-refractivity contribution in [1.82, 2.24) is 14.8 Å². The van der Waals surface area contributed by atoms with Crippen molar-refractivity contribution in [3.8, 4) is 16.8 Å². The molecule has 0 amide bonds. The van der Waals surface area contributed by atoms with Crippen molar-refractivity contribution in [2.45, 2.75) is 26.5 Å². The van der Waals surface area contributed by atoms with Gasteiger partial charge < -0.3 is 0 Å². The summed E-state index contributed by atoms with van der Waals surface area (Å²) in [5.41, 5.74) is 11.5. The van der Waals surface area contributed by atoms with Crippen LogP contribution in [0.2, 0.25) is 0 Å². The molecule has 3 aromatic carbocycles. The molecular formula is C30H25N3S. The summed E-state index contributed by atoms with van der Waals surface area (Å²) in [4.78, 5) is 6.48. The first-order valence-electron chi connectivity index (χ1n) is 11.5. The standard InChI is InChI=1S/C30H25N3S/c1-19-9-13-22(14-10-19)17-26-29-25(18-34-26)28(23-15-11-20(2)12-16-23)27-21(3)32-33(30(27)31-29)24-7-5-4-6-8-24/h4-17H,18H2,1-3H3/b26-17-. The maximum absolute atomic E-state index is 5.26. The average Bonchev–Trinajstić information content (AvgIpc) is 3.41. The SMILES string of the molecule is Cc1ccc(/C=C2\SCc3c2nc2c(c(C)nn2-c2ccccc2)c3-c2ccc(C)cc2)cc1. The number of hydrogen-bond donors (Lipinski definition) is 0. The van der Waals surface area contributed by atoms with Gasteiger partial charge in [-0.15, -0.1) is 11.8 Å². The first-order valence-corrected chi connectivity index (χ1v) is 12.5. The fraction of sp³-hybridized carbons (Fsp3) is 0.133. The summed E-state index contributed by atoms with van der Waals surface area (Å²) in [6.45, 7) is 6.35. The van der Waals surface area contributed by atoms with E-state index in [1.165, 1.54) is 38.3 Å². The van der Waals surface area contributed by atoms with Crippen molar-refractivity contribution < 1.29 is 0 Å².